The standard InChI is InChI=1S/C15H10F3NO2/c1-9(13-7-6-12(17)8-14(13)18)19-21-15(20)10-2-4-11(16)5-3-10/h2-8H,1H3/b19-9+. The average Bonchev–Trinajstić information content (AvgIpc) is 2.45. The molecule has 0 saturated heterocycles. The Morgan fingerprint density at radius 1 is 1.00 bits per heavy atom. The Labute approximate surface area is 118 Å². The minimum atomic E-state index is -0.811. The Bertz CT molecular complexity index is 697. The van der Waals surface area contributed by atoms with E-state index in [0.29, 0.717) is 6.07 Å². The van der Waals surface area contributed by atoms with Crippen LogP contribution in [0, 0.1) is 17.5 Å². The van der Waals surface area contributed by atoms with E-state index in [2.05, 4.69) is 9.99 Å². The van der Waals surface area contributed by atoms with Gasteiger partial charge in [0.2, 0.25) is 0 Å². The normalized spacial score (nSPS) is 11.3. The molecule has 0 aliphatic carbocycles. The van der Waals surface area contributed by atoms with Gasteiger partial charge in [0.05, 0.1) is 11.3 Å². The molecule has 21 heavy (non-hydrogen) atoms. The molecule has 0 amide bonds. The lowest BCUT2D eigenvalue weighted by molar-refractivity contribution is 0.0516. The van der Waals surface area contributed by atoms with Gasteiger partial charge in [0.1, 0.15) is 17.5 Å². The zero-order chi connectivity index (χ0) is 15.4. The number of hydrogen-bond donors (Lipinski definition) is 0. The predicted octanol–water partition coefficient (Wildman–Crippen LogP) is 3.68. The quantitative estimate of drug-likeness (QED) is 0.492. The third-order valence-corrected chi connectivity index (χ3v) is 2.67. The first-order chi connectivity index (χ1) is 9.97. The minimum Gasteiger partial charge on any atom is -0.313 e. The number of carbonyl (C=O) groups is 1. The molecule has 0 spiro atoms. The first kappa shape index (κ1) is 14.8. The van der Waals surface area contributed by atoms with E-state index in [1.54, 1.807) is 0 Å². The third kappa shape index (κ3) is 3.68. The monoisotopic (exact) mass is 293 g/mol. The molecule has 3 nitrogen and oxygen atoms in total. The van der Waals surface area contributed by atoms with Crippen molar-refractivity contribution in [1.29, 1.82) is 0 Å². The van der Waals surface area contributed by atoms with Crippen LogP contribution >= 0.6 is 0 Å². The maximum atomic E-state index is 13.5. The number of hydrogen-bond acceptors (Lipinski definition) is 3. The van der Waals surface area contributed by atoms with Crippen molar-refractivity contribution >= 4 is 11.7 Å². The highest BCUT2D eigenvalue weighted by Crippen LogP contribution is 2.11. The largest absolute Gasteiger partial charge is 0.365 e. The summed E-state index contributed by atoms with van der Waals surface area (Å²) in [6.45, 7) is 1.41. The Morgan fingerprint density at radius 2 is 1.62 bits per heavy atom. The molecule has 0 saturated carbocycles. The van der Waals surface area contributed by atoms with Crippen molar-refractivity contribution in [3.05, 3.63) is 71.0 Å². The van der Waals surface area contributed by atoms with Crippen LogP contribution in [0.15, 0.2) is 47.6 Å². The molecule has 0 radical (unpaired) electrons. The van der Waals surface area contributed by atoms with E-state index in [1.165, 1.54) is 25.1 Å². The van der Waals surface area contributed by atoms with Crippen molar-refractivity contribution in [2.24, 2.45) is 5.16 Å². The topological polar surface area (TPSA) is 38.7 Å². The van der Waals surface area contributed by atoms with Crippen molar-refractivity contribution in [3.8, 4) is 0 Å². The second-order valence-corrected chi connectivity index (χ2v) is 4.19. The average molecular weight is 293 g/mol. The molecule has 0 aromatic heterocycles. The summed E-state index contributed by atoms with van der Waals surface area (Å²) in [5, 5.41) is 3.49. The Balaban J connectivity index is 2.12. The fourth-order valence-electron chi connectivity index (χ4n) is 1.58. The molecular formula is C15H10F3NO2. The molecule has 0 heterocycles. The molecule has 108 valence electrons. The molecular weight excluding hydrogens is 283 g/mol. The maximum absolute atomic E-state index is 13.5. The van der Waals surface area contributed by atoms with Crippen molar-refractivity contribution < 1.29 is 22.8 Å². The minimum absolute atomic E-state index is 0.0170. The van der Waals surface area contributed by atoms with Gasteiger partial charge >= 0.3 is 5.97 Å². The number of rotatable bonds is 3. The van der Waals surface area contributed by atoms with E-state index in [-0.39, 0.29) is 16.8 Å². The molecule has 6 heteroatoms. The Morgan fingerprint density at radius 3 is 2.24 bits per heavy atom. The molecule has 0 atom stereocenters. The number of oxime groups is 1. The van der Waals surface area contributed by atoms with E-state index in [0.717, 1.165) is 18.2 Å². The third-order valence-electron chi connectivity index (χ3n) is 2.67. The van der Waals surface area contributed by atoms with Crippen LogP contribution in [-0.2, 0) is 4.84 Å². The van der Waals surface area contributed by atoms with E-state index in [4.69, 9.17) is 0 Å². The molecule has 0 N–H and O–H groups in total. The number of halogens is 3. The van der Waals surface area contributed by atoms with Gasteiger partial charge in [-0.25, -0.2) is 18.0 Å². The summed E-state index contributed by atoms with van der Waals surface area (Å²) in [6, 6.07) is 7.65. The lowest BCUT2D eigenvalue weighted by atomic mass is 10.1. The highest BCUT2D eigenvalue weighted by Gasteiger charge is 2.10. The van der Waals surface area contributed by atoms with Gasteiger partial charge in [-0.3, -0.25) is 0 Å². The molecule has 0 aliphatic rings. The molecule has 2 aromatic carbocycles. The lowest BCUT2D eigenvalue weighted by Gasteiger charge is -2.03. The molecule has 2 rings (SSSR count). The van der Waals surface area contributed by atoms with Crippen LogP contribution in [0.25, 0.3) is 0 Å². The van der Waals surface area contributed by atoms with Crippen LogP contribution < -0.4 is 0 Å². The maximum Gasteiger partial charge on any atom is 0.365 e. The van der Waals surface area contributed by atoms with Gasteiger partial charge < -0.3 is 4.84 Å². The highest BCUT2D eigenvalue weighted by molar-refractivity contribution is 5.99. The number of carbonyl (C=O) groups excluding carboxylic acids is 1. The van der Waals surface area contributed by atoms with E-state index < -0.39 is 23.4 Å². The Kier molecular flexibility index (Phi) is 4.37. The van der Waals surface area contributed by atoms with Crippen molar-refractivity contribution in [2.75, 3.05) is 0 Å². The van der Waals surface area contributed by atoms with Crippen molar-refractivity contribution in [1.82, 2.24) is 0 Å². The van der Waals surface area contributed by atoms with E-state index in [9.17, 15) is 18.0 Å². The summed E-state index contributed by atoms with van der Waals surface area (Å²) in [5.41, 5.74) is 0.193. The van der Waals surface area contributed by atoms with Crippen LogP contribution in [0.2, 0.25) is 0 Å². The summed E-state index contributed by atoms with van der Waals surface area (Å²) in [5.74, 6) is -2.82. The van der Waals surface area contributed by atoms with Gasteiger partial charge in [-0.05, 0) is 43.3 Å². The van der Waals surface area contributed by atoms with Crippen LogP contribution in [0.3, 0.4) is 0 Å². The smallest absolute Gasteiger partial charge is 0.313 e. The summed E-state index contributed by atoms with van der Waals surface area (Å²) in [4.78, 5) is 16.3. The zero-order valence-corrected chi connectivity index (χ0v) is 10.9. The van der Waals surface area contributed by atoms with Gasteiger partial charge in [0.15, 0.2) is 0 Å². The van der Waals surface area contributed by atoms with Crippen molar-refractivity contribution in [2.45, 2.75) is 6.92 Å². The van der Waals surface area contributed by atoms with Gasteiger partial charge in [0, 0.05) is 11.6 Å². The van der Waals surface area contributed by atoms with E-state index in [1.807, 2.05) is 0 Å². The first-order valence-electron chi connectivity index (χ1n) is 5.94. The molecule has 0 bridgehead atoms. The predicted molar refractivity (Wildman–Crippen MR) is 70.4 cm³/mol. The van der Waals surface area contributed by atoms with Gasteiger partial charge in [-0.15, -0.1) is 0 Å². The summed E-state index contributed by atoms with van der Waals surface area (Å²) >= 11 is 0. The summed E-state index contributed by atoms with van der Waals surface area (Å²) in [6.07, 6.45) is 0. The molecule has 2 aromatic rings. The number of nitrogens with zero attached hydrogens (tertiary/aromatic N) is 1. The fourth-order valence-corrected chi connectivity index (χ4v) is 1.58. The molecule has 0 aliphatic heterocycles. The second-order valence-electron chi connectivity index (χ2n) is 4.19. The fraction of sp³-hybridized carbons (Fsp3) is 0.0667. The second kappa shape index (κ2) is 6.21. The van der Waals surface area contributed by atoms with Crippen LogP contribution in [0.4, 0.5) is 13.2 Å². The molecule has 0 fully saturated rings. The Hall–Kier alpha value is -2.63. The summed E-state index contributed by atoms with van der Waals surface area (Å²) in [7, 11) is 0. The van der Waals surface area contributed by atoms with Crippen LogP contribution in [-0.4, -0.2) is 11.7 Å². The molecule has 0 unspecified atom stereocenters. The summed E-state index contributed by atoms with van der Waals surface area (Å²) < 4.78 is 39.0. The van der Waals surface area contributed by atoms with E-state index >= 15 is 0 Å². The van der Waals surface area contributed by atoms with Crippen LogP contribution in [0.5, 0.6) is 0 Å². The SMILES string of the molecule is C/C(=N\OC(=O)c1ccc(F)cc1)c1ccc(F)cc1F. The number of benzene rings is 2. The first-order valence-corrected chi connectivity index (χ1v) is 5.94. The van der Waals surface area contributed by atoms with Gasteiger partial charge in [0.25, 0.3) is 0 Å². The van der Waals surface area contributed by atoms with Gasteiger partial charge in [-0.1, -0.05) is 5.16 Å². The lowest BCUT2D eigenvalue weighted by Crippen LogP contribution is -2.05. The van der Waals surface area contributed by atoms with Gasteiger partial charge in [-0.2, -0.15) is 0 Å². The van der Waals surface area contributed by atoms with Crippen LogP contribution in [0.1, 0.15) is 22.8 Å². The highest BCUT2D eigenvalue weighted by atomic mass is 19.1. The zero-order valence-electron chi connectivity index (χ0n) is 10.9. The van der Waals surface area contributed by atoms with Crippen molar-refractivity contribution in [3.63, 3.8) is 0 Å².